The van der Waals surface area contributed by atoms with E-state index in [2.05, 4.69) is 41.4 Å². The summed E-state index contributed by atoms with van der Waals surface area (Å²) in [7, 11) is 2.00. The lowest BCUT2D eigenvalue weighted by Gasteiger charge is -2.32. The van der Waals surface area contributed by atoms with Gasteiger partial charge in [0.25, 0.3) is 0 Å². The van der Waals surface area contributed by atoms with Crippen LogP contribution in [-0.4, -0.2) is 44.3 Å². The molecule has 1 fully saturated rings. The summed E-state index contributed by atoms with van der Waals surface area (Å²) in [5.74, 6) is 0. The molecule has 1 aromatic rings. The Morgan fingerprint density at radius 2 is 2.00 bits per heavy atom. The van der Waals surface area contributed by atoms with Gasteiger partial charge in [-0.1, -0.05) is 31.2 Å². The maximum atomic E-state index is 5.71. The van der Waals surface area contributed by atoms with Crippen LogP contribution >= 0.6 is 0 Å². The minimum absolute atomic E-state index is 0.420. The van der Waals surface area contributed by atoms with E-state index in [0.29, 0.717) is 6.10 Å². The highest BCUT2D eigenvalue weighted by molar-refractivity contribution is 5.22. The predicted octanol–water partition coefficient (Wildman–Crippen LogP) is 2.06. The normalized spacial score (nSPS) is 20.6. The lowest BCUT2D eigenvalue weighted by atomic mass is 10.1. The Labute approximate surface area is 116 Å². The molecule has 0 aromatic heterocycles. The second kappa shape index (κ2) is 7.63. The van der Waals surface area contributed by atoms with E-state index in [1.165, 1.54) is 11.1 Å². The number of hydrogen-bond acceptors (Lipinski definition) is 3. The fourth-order valence-corrected chi connectivity index (χ4v) is 2.51. The third-order valence-electron chi connectivity index (χ3n) is 3.77. The zero-order valence-corrected chi connectivity index (χ0v) is 12.2. The fraction of sp³-hybridized carbons (Fsp3) is 0.625. The summed E-state index contributed by atoms with van der Waals surface area (Å²) >= 11 is 0. The summed E-state index contributed by atoms with van der Waals surface area (Å²) in [6, 6.07) is 9.04. The Hall–Kier alpha value is -0.900. The van der Waals surface area contributed by atoms with Crippen molar-refractivity contribution in [3.63, 3.8) is 0 Å². The first-order chi connectivity index (χ1) is 9.31. The molecule has 3 nitrogen and oxygen atoms in total. The van der Waals surface area contributed by atoms with Gasteiger partial charge in [-0.25, -0.2) is 0 Å². The lowest BCUT2D eigenvalue weighted by Crippen LogP contribution is -2.41. The van der Waals surface area contributed by atoms with Gasteiger partial charge >= 0.3 is 0 Å². The minimum Gasteiger partial charge on any atom is -0.376 e. The Kier molecular flexibility index (Phi) is 5.83. The molecule has 1 aliphatic heterocycles. The van der Waals surface area contributed by atoms with Crippen molar-refractivity contribution in [1.82, 2.24) is 10.2 Å². The van der Waals surface area contributed by atoms with Crippen LogP contribution in [0.3, 0.4) is 0 Å². The Balaban J connectivity index is 1.85. The van der Waals surface area contributed by atoms with Crippen LogP contribution in [0.4, 0.5) is 0 Å². The number of nitrogens with zero attached hydrogens (tertiary/aromatic N) is 1. The molecule has 106 valence electrons. The summed E-state index contributed by atoms with van der Waals surface area (Å²) in [6.07, 6.45) is 2.63. The molecule has 0 bridgehead atoms. The molecule has 1 saturated heterocycles. The SMILES string of the molecule is CCC1CN(Cc2ccc(CCNC)cc2)CCO1. The van der Waals surface area contributed by atoms with Gasteiger partial charge in [0.15, 0.2) is 0 Å². The van der Waals surface area contributed by atoms with Crippen LogP contribution in [0.25, 0.3) is 0 Å². The van der Waals surface area contributed by atoms with E-state index < -0.39 is 0 Å². The molecule has 1 unspecified atom stereocenters. The van der Waals surface area contributed by atoms with Gasteiger partial charge in [-0.2, -0.15) is 0 Å². The molecule has 3 heteroatoms. The summed E-state index contributed by atoms with van der Waals surface area (Å²) in [4.78, 5) is 2.50. The highest BCUT2D eigenvalue weighted by Crippen LogP contribution is 2.13. The van der Waals surface area contributed by atoms with E-state index >= 15 is 0 Å². The molecule has 1 aromatic carbocycles. The van der Waals surface area contributed by atoms with Crippen molar-refractivity contribution < 1.29 is 4.74 Å². The molecule has 1 N–H and O–H groups in total. The van der Waals surface area contributed by atoms with Crippen molar-refractivity contribution in [1.29, 1.82) is 0 Å². The summed E-state index contributed by atoms with van der Waals surface area (Å²) < 4.78 is 5.71. The highest BCUT2D eigenvalue weighted by atomic mass is 16.5. The van der Waals surface area contributed by atoms with Crippen molar-refractivity contribution in [3.05, 3.63) is 35.4 Å². The smallest absolute Gasteiger partial charge is 0.0700 e. The average Bonchev–Trinajstić information content (AvgIpc) is 2.47. The van der Waals surface area contributed by atoms with Gasteiger partial charge in [0.1, 0.15) is 0 Å². The van der Waals surface area contributed by atoms with Crippen LogP contribution in [0.15, 0.2) is 24.3 Å². The maximum Gasteiger partial charge on any atom is 0.0700 e. The number of benzene rings is 1. The first kappa shape index (κ1) is 14.5. The molecular formula is C16H26N2O. The van der Waals surface area contributed by atoms with Crippen molar-refractivity contribution in [2.75, 3.05) is 33.3 Å². The van der Waals surface area contributed by atoms with Crippen molar-refractivity contribution in [2.45, 2.75) is 32.4 Å². The zero-order chi connectivity index (χ0) is 13.5. The number of nitrogens with one attached hydrogen (secondary N) is 1. The minimum atomic E-state index is 0.420. The summed E-state index contributed by atoms with van der Waals surface area (Å²) in [6.45, 7) is 7.28. The number of likely N-dealkylation sites (N-methyl/N-ethyl adjacent to an activating group) is 1. The molecule has 0 aliphatic carbocycles. The van der Waals surface area contributed by atoms with Crippen LogP contribution in [0.5, 0.6) is 0 Å². The van der Waals surface area contributed by atoms with Crippen molar-refractivity contribution >= 4 is 0 Å². The first-order valence-electron chi connectivity index (χ1n) is 7.38. The molecule has 1 atom stereocenters. The lowest BCUT2D eigenvalue weighted by molar-refractivity contribution is -0.0324. The summed E-state index contributed by atoms with van der Waals surface area (Å²) in [5, 5.41) is 3.19. The van der Waals surface area contributed by atoms with E-state index in [0.717, 1.165) is 45.6 Å². The van der Waals surface area contributed by atoms with E-state index in [-0.39, 0.29) is 0 Å². The van der Waals surface area contributed by atoms with Crippen LogP contribution in [-0.2, 0) is 17.7 Å². The molecule has 1 heterocycles. The second-order valence-electron chi connectivity index (χ2n) is 5.31. The van der Waals surface area contributed by atoms with E-state index in [1.54, 1.807) is 0 Å². The molecular weight excluding hydrogens is 236 g/mol. The standard InChI is InChI=1S/C16H26N2O/c1-3-16-13-18(10-11-19-16)12-15-6-4-14(5-7-15)8-9-17-2/h4-7,16-17H,3,8-13H2,1-2H3. The number of ether oxygens (including phenoxy) is 1. The fourth-order valence-electron chi connectivity index (χ4n) is 2.51. The van der Waals surface area contributed by atoms with E-state index in [9.17, 15) is 0 Å². The third-order valence-corrected chi connectivity index (χ3v) is 3.77. The Bertz CT molecular complexity index is 364. The van der Waals surface area contributed by atoms with Gasteiger partial charge < -0.3 is 10.1 Å². The number of morpholine rings is 1. The van der Waals surface area contributed by atoms with Crippen LogP contribution in [0.1, 0.15) is 24.5 Å². The molecule has 0 radical (unpaired) electrons. The summed E-state index contributed by atoms with van der Waals surface area (Å²) in [5.41, 5.74) is 2.82. The Morgan fingerprint density at radius 3 is 2.68 bits per heavy atom. The quantitative estimate of drug-likeness (QED) is 0.849. The predicted molar refractivity (Wildman–Crippen MR) is 79.4 cm³/mol. The number of rotatable bonds is 6. The van der Waals surface area contributed by atoms with Gasteiger partial charge in [0.2, 0.25) is 0 Å². The van der Waals surface area contributed by atoms with Gasteiger partial charge in [-0.05, 0) is 37.6 Å². The Morgan fingerprint density at radius 1 is 1.26 bits per heavy atom. The molecule has 0 saturated carbocycles. The monoisotopic (exact) mass is 262 g/mol. The zero-order valence-electron chi connectivity index (χ0n) is 12.2. The van der Waals surface area contributed by atoms with E-state index in [4.69, 9.17) is 4.74 Å². The second-order valence-corrected chi connectivity index (χ2v) is 5.31. The highest BCUT2D eigenvalue weighted by Gasteiger charge is 2.18. The van der Waals surface area contributed by atoms with Gasteiger partial charge in [-0.3, -0.25) is 4.90 Å². The molecule has 19 heavy (non-hydrogen) atoms. The topological polar surface area (TPSA) is 24.5 Å². The average molecular weight is 262 g/mol. The van der Waals surface area contributed by atoms with Gasteiger partial charge in [0, 0.05) is 19.6 Å². The third kappa shape index (κ3) is 4.60. The van der Waals surface area contributed by atoms with Gasteiger partial charge in [-0.15, -0.1) is 0 Å². The molecule has 0 amide bonds. The van der Waals surface area contributed by atoms with Crippen LogP contribution in [0, 0.1) is 0 Å². The first-order valence-corrected chi connectivity index (χ1v) is 7.38. The van der Waals surface area contributed by atoms with Crippen molar-refractivity contribution in [3.8, 4) is 0 Å². The van der Waals surface area contributed by atoms with E-state index in [1.807, 2.05) is 7.05 Å². The van der Waals surface area contributed by atoms with Crippen LogP contribution in [0.2, 0.25) is 0 Å². The largest absolute Gasteiger partial charge is 0.376 e. The van der Waals surface area contributed by atoms with Gasteiger partial charge in [0.05, 0.1) is 12.7 Å². The molecule has 1 aliphatic rings. The molecule has 0 spiro atoms. The number of hydrogen-bond donors (Lipinski definition) is 1. The molecule has 2 rings (SSSR count). The van der Waals surface area contributed by atoms with Crippen LogP contribution < -0.4 is 5.32 Å². The van der Waals surface area contributed by atoms with Crippen molar-refractivity contribution in [2.24, 2.45) is 0 Å². The maximum absolute atomic E-state index is 5.71.